The van der Waals surface area contributed by atoms with Gasteiger partial charge in [-0.2, -0.15) is 9.78 Å². The van der Waals surface area contributed by atoms with E-state index in [9.17, 15) is 4.79 Å². The first-order valence-corrected chi connectivity index (χ1v) is 9.51. The first-order valence-electron chi connectivity index (χ1n) is 8.72. The van der Waals surface area contributed by atoms with Crippen LogP contribution in [0.15, 0.2) is 53.5 Å². The third-order valence-corrected chi connectivity index (χ3v) is 5.11. The van der Waals surface area contributed by atoms with E-state index in [2.05, 4.69) is 26.8 Å². The van der Waals surface area contributed by atoms with E-state index in [0.717, 1.165) is 23.8 Å². The average Bonchev–Trinajstić information content (AvgIpc) is 2.69. The van der Waals surface area contributed by atoms with Crippen LogP contribution in [0.3, 0.4) is 0 Å². The maximum absolute atomic E-state index is 12.6. The first kappa shape index (κ1) is 19.4. The van der Waals surface area contributed by atoms with Gasteiger partial charge in [0, 0.05) is 32.7 Å². The lowest BCUT2D eigenvalue weighted by Crippen LogP contribution is -2.52. The summed E-state index contributed by atoms with van der Waals surface area (Å²) in [4.78, 5) is 16.8. The Balaban J connectivity index is 1.70. The lowest BCUT2D eigenvalue weighted by molar-refractivity contribution is 0.381. The number of thiocarbonyl (C=S) groups is 1. The fourth-order valence-corrected chi connectivity index (χ4v) is 3.39. The maximum atomic E-state index is 12.6. The van der Waals surface area contributed by atoms with Crippen molar-refractivity contribution in [3.05, 3.63) is 64.1 Å². The zero-order chi connectivity index (χ0) is 19.4. The van der Waals surface area contributed by atoms with E-state index in [-0.39, 0.29) is 10.6 Å². The zero-order valence-corrected chi connectivity index (χ0v) is 16.8. The molecule has 8 heteroatoms. The molecule has 0 radical (unpaired) electrons. The van der Waals surface area contributed by atoms with Gasteiger partial charge in [0.05, 0.1) is 17.6 Å². The predicted molar refractivity (Wildman–Crippen MR) is 114 cm³/mol. The van der Waals surface area contributed by atoms with Crippen LogP contribution in [-0.4, -0.2) is 52.5 Å². The summed E-state index contributed by atoms with van der Waals surface area (Å²) in [5.41, 5.74) is 2.07. The second-order valence-electron chi connectivity index (χ2n) is 6.49. The second-order valence-corrected chi connectivity index (χ2v) is 7.25. The number of piperazine rings is 1. The highest BCUT2D eigenvalue weighted by Crippen LogP contribution is 2.23. The monoisotopic (exact) mass is 403 g/mol. The molecule has 27 heavy (non-hydrogen) atoms. The van der Waals surface area contributed by atoms with Crippen molar-refractivity contribution in [3.8, 4) is 5.69 Å². The van der Waals surface area contributed by atoms with Gasteiger partial charge in [0.2, 0.25) is 0 Å². The molecule has 6 nitrogen and oxygen atoms in total. The topological polar surface area (TPSA) is 53.4 Å². The number of hydrogen-bond donors (Lipinski definition) is 1. The molecule has 1 aliphatic heterocycles. The van der Waals surface area contributed by atoms with Gasteiger partial charge in [0.25, 0.3) is 5.56 Å². The molecule has 0 amide bonds. The highest BCUT2D eigenvalue weighted by Gasteiger charge is 2.22. The van der Waals surface area contributed by atoms with Crippen LogP contribution in [0.25, 0.3) is 5.69 Å². The number of anilines is 1. The summed E-state index contributed by atoms with van der Waals surface area (Å²) in [5, 5.41) is 8.41. The van der Waals surface area contributed by atoms with Gasteiger partial charge < -0.3 is 15.1 Å². The fraction of sp³-hybridized carbons (Fsp3) is 0.316. The minimum absolute atomic E-state index is 0.185. The van der Waals surface area contributed by atoms with Crippen LogP contribution in [0.4, 0.5) is 5.69 Å². The van der Waals surface area contributed by atoms with Crippen molar-refractivity contribution in [3.63, 3.8) is 0 Å². The van der Waals surface area contributed by atoms with Crippen molar-refractivity contribution >= 4 is 34.6 Å². The van der Waals surface area contributed by atoms with E-state index >= 15 is 0 Å². The Hall–Kier alpha value is -2.38. The Morgan fingerprint density at radius 1 is 1.26 bits per heavy atom. The van der Waals surface area contributed by atoms with Crippen molar-refractivity contribution in [2.45, 2.75) is 6.92 Å². The van der Waals surface area contributed by atoms with Gasteiger partial charge in [-0.15, -0.1) is 0 Å². The molecular weight excluding hydrogens is 382 g/mol. The van der Waals surface area contributed by atoms with E-state index in [1.807, 2.05) is 37.3 Å². The van der Waals surface area contributed by atoms with Crippen molar-refractivity contribution in [1.29, 1.82) is 0 Å². The highest BCUT2D eigenvalue weighted by molar-refractivity contribution is 7.80. The van der Waals surface area contributed by atoms with Gasteiger partial charge in [-0.1, -0.05) is 42.0 Å². The molecule has 1 N–H and O–H groups in total. The van der Waals surface area contributed by atoms with E-state index in [1.54, 1.807) is 6.20 Å². The third kappa shape index (κ3) is 4.48. The highest BCUT2D eigenvalue weighted by atomic mass is 35.5. The Kier molecular flexibility index (Phi) is 6.13. The van der Waals surface area contributed by atoms with Crippen molar-refractivity contribution in [2.75, 3.05) is 37.6 Å². The molecule has 1 saturated heterocycles. The number of hydrogen-bond acceptors (Lipinski definition) is 4. The summed E-state index contributed by atoms with van der Waals surface area (Å²) in [7, 11) is 0. The Morgan fingerprint density at radius 3 is 2.56 bits per heavy atom. The van der Waals surface area contributed by atoms with Crippen LogP contribution in [0.1, 0.15) is 6.92 Å². The molecule has 0 atom stereocenters. The third-order valence-electron chi connectivity index (χ3n) is 4.35. The van der Waals surface area contributed by atoms with E-state index in [1.165, 1.54) is 4.68 Å². The molecule has 0 unspecified atom stereocenters. The molecule has 1 aromatic carbocycles. The Bertz CT molecular complexity index is 891. The average molecular weight is 404 g/mol. The summed E-state index contributed by atoms with van der Waals surface area (Å²) in [5.74, 6) is 0. The number of benzene rings is 1. The molecule has 1 fully saturated rings. The SMILES string of the molecule is C=C(C)CNC(=S)N1CCN(c2cnn(-c3ccccc3)c(=O)c2Cl)CC1. The molecule has 0 aliphatic carbocycles. The van der Waals surface area contributed by atoms with Crippen molar-refractivity contribution in [2.24, 2.45) is 0 Å². The second kappa shape index (κ2) is 8.54. The summed E-state index contributed by atoms with van der Waals surface area (Å²) < 4.78 is 1.32. The molecule has 0 bridgehead atoms. The fourth-order valence-electron chi connectivity index (χ4n) is 2.89. The van der Waals surface area contributed by atoms with Crippen LogP contribution >= 0.6 is 23.8 Å². The quantitative estimate of drug-likeness (QED) is 0.625. The molecular formula is C19H22ClN5OS. The van der Waals surface area contributed by atoms with Crippen molar-refractivity contribution < 1.29 is 0 Å². The predicted octanol–water partition coefficient (Wildman–Crippen LogP) is 2.46. The number of nitrogens with zero attached hydrogens (tertiary/aromatic N) is 4. The molecule has 2 heterocycles. The smallest absolute Gasteiger partial charge is 0.292 e. The number of rotatable bonds is 4. The van der Waals surface area contributed by atoms with E-state index in [0.29, 0.717) is 31.0 Å². The largest absolute Gasteiger partial charge is 0.365 e. The minimum Gasteiger partial charge on any atom is -0.365 e. The Labute approximate surface area is 169 Å². The van der Waals surface area contributed by atoms with Crippen LogP contribution in [0.2, 0.25) is 5.02 Å². The number of nitrogens with one attached hydrogen (secondary N) is 1. The van der Waals surface area contributed by atoms with Gasteiger partial charge in [0.1, 0.15) is 5.02 Å². The molecule has 142 valence electrons. The number of aromatic nitrogens is 2. The van der Waals surface area contributed by atoms with Gasteiger partial charge in [-0.05, 0) is 31.3 Å². The Morgan fingerprint density at radius 2 is 1.93 bits per heavy atom. The maximum Gasteiger partial charge on any atom is 0.292 e. The number of para-hydroxylation sites is 1. The molecule has 3 rings (SSSR count). The summed E-state index contributed by atoms with van der Waals surface area (Å²) in [6, 6.07) is 9.24. The standard InChI is InChI=1S/C19H22ClN5OS/c1-14(2)12-21-19(27)24-10-8-23(9-11-24)16-13-22-25(18(26)17(16)20)15-6-4-3-5-7-15/h3-7,13H,1,8-12H2,2H3,(H,21,27). The molecule has 0 spiro atoms. The summed E-state index contributed by atoms with van der Waals surface area (Å²) in [6.45, 7) is 9.43. The molecule has 1 aliphatic rings. The van der Waals surface area contributed by atoms with Gasteiger partial charge >= 0.3 is 0 Å². The summed E-state index contributed by atoms with van der Waals surface area (Å²) in [6.07, 6.45) is 1.66. The minimum atomic E-state index is -0.318. The van der Waals surface area contributed by atoms with Crippen LogP contribution in [0, 0.1) is 0 Å². The van der Waals surface area contributed by atoms with Crippen LogP contribution < -0.4 is 15.8 Å². The normalized spacial score (nSPS) is 14.1. The lowest BCUT2D eigenvalue weighted by atomic mass is 10.3. The van der Waals surface area contributed by atoms with Gasteiger partial charge in [-0.25, -0.2) is 0 Å². The van der Waals surface area contributed by atoms with Crippen molar-refractivity contribution in [1.82, 2.24) is 20.0 Å². The molecule has 1 aromatic heterocycles. The van der Waals surface area contributed by atoms with Crippen LogP contribution in [0.5, 0.6) is 0 Å². The first-order chi connectivity index (χ1) is 13.0. The lowest BCUT2D eigenvalue weighted by Gasteiger charge is -2.37. The molecule has 2 aromatic rings. The summed E-state index contributed by atoms with van der Waals surface area (Å²) >= 11 is 11.8. The number of halogens is 1. The van der Waals surface area contributed by atoms with Gasteiger partial charge in [-0.3, -0.25) is 4.79 Å². The van der Waals surface area contributed by atoms with Crippen LogP contribution in [-0.2, 0) is 0 Å². The van der Waals surface area contributed by atoms with E-state index in [4.69, 9.17) is 23.8 Å². The van der Waals surface area contributed by atoms with Gasteiger partial charge in [0.15, 0.2) is 5.11 Å². The zero-order valence-electron chi connectivity index (χ0n) is 15.2. The molecule has 0 saturated carbocycles. The van der Waals surface area contributed by atoms with E-state index < -0.39 is 0 Å².